The van der Waals surface area contributed by atoms with Crippen molar-refractivity contribution in [2.45, 2.75) is 0 Å². The Morgan fingerprint density at radius 3 is 2.54 bits per heavy atom. The minimum atomic E-state index is -0.274. The van der Waals surface area contributed by atoms with Gasteiger partial charge in [-0.15, -0.1) is 0 Å². The average Bonchev–Trinajstić information content (AvgIpc) is 3.40. The van der Waals surface area contributed by atoms with Crippen LogP contribution >= 0.6 is 0 Å². The molecule has 140 valence electrons. The third kappa shape index (κ3) is 3.27. The number of aromatic nitrogens is 1. The number of ether oxygens (including phenoxy) is 2. The van der Waals surface area contributed by atoms with Gasteiger partial charge in [-0.25, -0.2) is 4.98 Å². The molecule has 0 spiro atoms. The number of fused-ring (bicyclic) bond motifs is 1. The van der Waals surface area contributed by atoms with E-state index in [2.05, 4.69) is 4.98 Å². The van der Waals surface area contributed by atoms with E-state index in [4.69, 9.17) is 18.3 Å². The number of rotatable bonds is 6. The first-order valence-corrected chi connectivity index (χ1v) is 8.57. The molecular weight excluding hydrogens is 358 g/mol. The lowest BCUT2D eigenvalue weighted by Gasteiger charge is -2.09. The molecule has 0 N–H and O–H groups in total. The first-order chi connectivity index (χ1) is 13.7. The van der Waals surface area contributed by atoms with E-state index in [1.165, 1.54) is 13.4 Å². The lowest BCUT2D eigenvalue weighted by atomic mass is 10.0. The van der Waals surface area contributed by atoms with Crippen molar-refractivity contribution in [2.75, 3.05) is 14.2 Å². The van der Waals surface area contributed by atoms with Crippen molar-refractivity contribution >= 4 is 28.5 Å². The Balaban J connectivity index is 1.83. The van der Waals surface area contributed by atoms with Crippen LogP contribution in [0.25, 0.3) is 22.7 Å². The molecule has 0 radical (unpaired) electrons. The monoisotopic (exact) mass is 375 g/mol. The number of ketones is 1. The van der Waals surface area contributed by atoms with Crippen LogP contribution < -0.4 is 9.47 Å². The van der Waals surface area contributed by atoms with E-state index < -0.39 is 0 Å². The van der Waals surface area contributed by atoms with Crippen LogP contribution in [0.5, 0.6) is 11.5 Å². The van der Waals surface area contributed by atoms with Gasteiger partial charge in [0.15, 0.2) is 22.9 Å². The zero-order valence-electron chi connectivity index (χ0n) is 15.3. The molecule has 0 bridgehead atoms. The lowest BCUT2D eigenvalue weighted by Crippen LogP contribution is -2.04. The van der Waals surface area contributed by atoms with Gasteiger partial charge in [0.1, 0.15) is 11.3 Å². The minimum Gasteiger partial charge on any atom is -0.493 e. The van der Waals surface area contributed by atoms with Crippen molar-refractivity contribution in [3.63, 3.8) is 0 Å². The second kappa shape index (κ2) is 7.44. The van der Waals surface area contributed by atoms with Gasteiger partial charge in [0, 0.05) is 5.56 Å². The summed E-state index contributed by atoms with van der Waals surface area (Å²) in [5, 5.41) is 0. The summed E-state index contributed by atoms with van der Waals surface area (Å²) in [6.07, 6.45) is 3.15. The first-order valence-electron chi connectivity index (χ1n) is 8.57. The Morgan fingerprint density at radius 2 is 1.82 bits per heavy atom. The van der Waals surface area contributed by atoms with Gasteiger partial charge in [0.05, 0.1) is 26.1 Å². The quantitative estimate of drug-likeness (QED) is 0.354. The molecule has 2 aromatic carbocycles. The fraction of sp³-hybridized carbons (Fsp3) is 0.0909. The normalized spacial score (nSPS) is 11.6. The molecule has 0 atom stereocenters. The molecule has 4 aromatic rings. The van der Waals surface area contributed by atoms with E-state index in [1.54, 1.807) is 49.6 Å². The molecule has 0 aliphatic rings. The summed E-state index contributed by atoms with van der Waals surface area (Å²) in [6, 6.07) is 15.8. The van der Waals surface area contributed by atoms with Gasteiger partial charge in [-0.3, -0.25) is 4.79 Å². The number of nitrogens with zero attached hydrogens (tertiary/aromatic N) is 1. The van der Waals surface area contributed by atoms with Crippen LogP contribution in [-0.4, -0.2) is 25.0 Å². The van der Waals surface area contributed by atoms with Gasteiger partial charge in [0.25, 0.3) is 0 Å². The van der Waals surface area contributed by atoms with E-state index >= 15 is 0 Å². The van der Waals surface area contributed by atoms with Crippen molar-refractivity contribution in [2.24, 2.45) is 0 Å². The number of allylic oxidation sites excluding steroid dienone is 1. The number of hydrogen-bond acceptors (Lipinski definition) is 6. The number of Topliss-reactive ketones (excluding diaryl/α,β-unsaturated/α-hetero) is 1. The molecule has 0 saturated heterocycles. The highest BCUT2D eigenvalue weighted by atomic mass is 16.5. The summed E-state index contributed by atoms with van der Waals surface area (Å²) in [5.74, 6) is 1.47. The summed E-state index contributed by atoms with van der Waals surface area (Å²) in [4.78, 5) is 17.8. The molecule has 0 aliphatic heterocycles. The van der Waals surface area contributed by atoms with Gasteiger partial charge < -0.3 is 18.3 Å². The number of benzene rings is 2. The number of carbonyl (C=O) groups excluding carboxylic acids is 1. The predicted octanol–water partition coefficient (Wildman–Crippen LogP) is 4.86. The van der Waals surface area contributed by atoms with Gasteiger partial charge >= 0.3 is 0 Å². The highest BCUT2D eigenvalue weighted by molar-refractivity contribution is 6.31. The highest BCUT2D eigenvalue weighted by Gasteiger charge is 2.22. The molecule has 2 heterocycles. The lowest BCUT2D eigenvalue weighted by molar-refractivity contribution is 0.105. The Labute approximate surface area is 161 Å². The number of methoxy groups -OCH3 is 2. The van der Waals surface area contributed by atoms with Crippen molar-refractivity contribution in [3.8, 4) is 11.5 Å². The Bertz CT molecular complexity index is 1120. The maximum Gasteiger partial charge on any atom is 0.231 e. The largest absolute Gasteiger partial charge is 0.493 e. The molecule has 6 heteroatoms. The van der Waals surface area contributed by atoms with Crippen molar-refractivity contribution < 1.29 is 23.1 Å². The van der Waals surface area contributed by atoms with E-state index in [0.29, 0.717) is 33.9 Å². The summed E-state index contributed by atoms with van der Waals surface area (Å²) in [6.45, 7) is 0. The summed E-state index contributed by atoms with van der Waals surface area (Å²) >= 11 is 0. The maximum atomic E-state index is 13.3. The number of carbonyl (C=O) groups is 1. The average molecular weight is 375 g/mol. The fourth-order valence-electron chi connectivity index (χ4n) is 2.86. The van der Waals surface area contributed by atoms with E-state index in [-0.39, 0.29) is 17.2 Å². The first kappa shape index (κ1) is 17.6. The number of hydrogen-bond donors (Lipinski definition) is 0. The number of para-hydroxylation sites is 2. The SMILES string of the molecule is COc1ccc(C(=O)/C(=C/c2ccco2)c2nc3ccccc3o2)cc1OC. The minimum absolute atomic E-state index is 0.220. The molecule has 0 aliphatic carbocycles. The molecule has 28 heavy (non-hydrogen) atoms. The van der Waals surface area contributed by atoms with Crippen LogP contribution in [0.4, 0.5) is 0 Å². The Kier molecular flexibility index (Phi) is 4.68. The van der Waals surface area contributed by atoms with E-state index in [9.17, 15) is 4.79 Å². The van der Waals surface area contributed by atoms with Gasteiger partial charge in [-0.1, -0.05) is 12.1 Å². The Hall–Kier alpha value is -3.80. The molecule has 0 amide bonds. The van der Waals surface area contributed by atoms with Gasteiger partial charge in [0.2, 0.25) is 5.89 Å². The Morgan fingerprint density at radius 1 is 1.00 bits per heavy atom. The van der Waals surface area contributed by atoms with Crippen molar-refractivity contribution in [1.29, 1.82) is 0 Å². The third-order valence-electron chi connectivity index (χ3n) is 4.24. The molecule has 4 rings (SSSR count). The van der Waals surface area contributed by atoms with Crippen LogP contribution in [0, 0.1) is 0 Å². The van der Waals surface area contributed by atoms with Crippen LogP contribution in [-0.2, 0) is 0 Å². The molecule has 0 saturated carbocycles. The summed E-state index contributed by atoms with van der Waals surface area (Å²) in [5.41, 5.74) is 1.96. The van der Waals surface area contributed by atoms with E-state index in [0.717, 1.165) is 0 Å². The van der Waals surface area contributed by atoms with Crippen LogP contribution in [0.3, 0.4) is 0 Å². The summed E-state index contributed by atoms with van der Waals surface area (Å²) < 4.78 is 21.8. The molecule has 0 fully saturated rings. The van der Waals surface area contributed by atoms with Crippen LogP contribution in [0.1, 0.15) is 22.0 Å². The van der Waals surface area contributed by atoms with Gasteiger partial charge in [-0.2, -0.15) is 0 Å². The molecular formula is C22H17NO5. The van der Waals surface area contributed by atoms with Crippen LogP contribution in [0.15, 0.2) is 69.7 Å². The predicted molar refractivity (Wildman–Crippen MR) is 104 cm³/mol. The van der Waals surface area contributed by atoms with Gasteiger partial charge in [-0.05, 0) is 48.5 Å². The number of oxazole rings is 1. The number of furan rings is 1. The third-order valence-corrected chi connectivity index (χ3v) is 4.24. The standard InChI is InChI=1S/C22H17NO5/c1-25-19-10-9-14(12-20(19)26-2)21(24)16(13-15-6-5-11-27-15)22-23-17-7-3-4-8-18(17)28-22/h3-13H,1-2H3/b16-13-. The molecule has 6 nitrogen and oxygen atoms in total. The van der Waals surface area contributed by atoms with Crippen LogP contribution in [0.2, 0.25) is 0 Å². The highest BCUT2D eigenvalue weighted by Crippen LogP contribution is 2.31. The molecule has 2 aromatic heterocycles. The second-order valence-corrected chi connectivity index (χ2v) is 5.96. The zero-order chi connectivity index (χ0) is 19.5. The van der Waals surface area contributed by atoms with Crippen molar-refractivity contribution in [3.05, 3.63) is 78.1 Å². The fourth-order valence-corrected chi connectivity index (χ4v) is 2.86. The zero-order valence-corrected chi connectivity index (χ0v) is 15.3. The topological polar surface area (TPSA) is 74.7 Å². The van der Waals surface area contributed by atoms with E-state index in [1.807, 2.05) is 18.2 Å². The second-order valence-electron chi connectivity index (χ2n) is 5.96. The molecule has 0 unspecified atom stereocenters. The van der Waals surface area contributed by atoms with Crippen molar-refractivity contribution in [1.82, 2.24) is 4.98 Å². The smallest absolute Gasteiger partial charge is 0.231 e. The summed E-state index contributed by atoms with van der Waals surface area (Å²) in [7, 11) is 3.06. The maximum absolute atomic E-state index is 13.3.